The molecule has 6 rings (SSSR count). The maximum Gasteiger partial charge on any atom is 0.251 e. The van der Waals surface area contributed by atoms with E-state index in [0.717, 1.165) is 34.5 Å². The van der Waals surface area contributed by atoms with E-state index in [2.05, 4.69) is 54.7 Å². The fraction of sp³-hybridized carbons (Fsp3) is 0.500. The molecule has 2 fully saturated rings. The number of thiazole rings is 1. The monoisotopic (exact) mass is 968 g/mol. The Balaban J connectivity index is 0.893. The van der Waals surface area contributed by atoms with Crippen molar-refractivity contribution in [1.82, 2.24) is 25.8 Å². The van der Waals surface area contributed by atoms with Crippen molar-refractivity contribution < 1.29 is 38.5 Å². The smallest absolute Gasteiger partial charge is 0.251 e. The fourth-order valence-corrected chi connectivity index (χ4v) is 10.6. The molecular formula is C52H65ClN6O8S. The van der Waals surface area contributed by atoms with Crippen LogP contribution in [-0.4, -0.2) is 94.8 Å². The molecule has 1 aliphatic heterocycles. The van der Waals surface area contributed by atoms with Gasteiger partial charge in [-0.15, -0.1) is 11.3 Å². The van der Waals surface area contributed by atoms with Crippen LogP contribution in [0, 0.1) is 34.5 Å². The molecule has 1 saturated heterocycles. The summed E-state index contributed by atoms with van der Waals surface area (Å²) >= 11 is 7.81. The van der Waals surface area contributed by atoms with Crippen LogP contribution in [-0.2, 0) is 25.7 Å². The van der Waals surface area contributed by atoms with Gasteiger partial charge in [-0.05, 0) is 86.1 Å². The van der Waals surface area contributed by atoms with Gasteiger partial charge >= 0.3 is 0 Å². The van der Waals surface area contributed by atoms with Crippen LogP contribution in [0.4, 0.5) is 0 Å². The molecule has 0 radical (unpaired) electrons. The zero-order valence-corrected chi connectivity index (χ0v) is 42.1. The quantitative estimate of drug-likeness (QED) is 0.0670. The third kappa shape index (κ3) is 12.4. The van der Waals surface area contributed by atoms with Gasteiger partial charge < -0.3 is 40.2 Å². The maximum atomic E-state index is 14.0. The van der Waals surface area contributed by atoms with Gasteiger partial charge in [0.1, 0.15) is 42.4 Å². The molecule has 4 aromatic rings. The minimum absolute atomic E-state index is 0.0146. The van der Waals surface area contributed by atoms with E-state index in [1.165, 1.54) is 4.90 Å². The number of rotatable bonds is 19. The van der Waals surface area contributed by atoms with Crippen molar-refractivity contribution in [3.8, 4) is 28.0 Å². The van der Waals surface area contributed by atoms with Crippen LogP contribution in [0.15, 0.2) is 72.2 Å². The van der Waals surface area contributed by atoms with E-state index in [9.17, 15) is 29.5 Å². The van der Waals surface area contributed by atoms with E-state index in [0.29, 0.717) is 40.7 Å². The Hall–Kier alpha value is -5.53. The van der Waals surface area contributed by atoms with Gasteiger partial charge in [-0.2, -0.15) is 5.26 Å². The molecular weight excluding hydrogens is 904 g/mol. The summed E-state index contributed by atoms with van der Waals surface area (Å²) in [5.74, 6) is -0.236. The van der Waals surface area contributed by atoms with E-state index in [4.69, 9.17) is 25.8 Å². The van der Waals surface area contributed by atoms with Gasteiger partial charge in [0.05, 0.1) is 38.9 Å². The standard InChI is InChI=1S/C52H65ClN6O8S/c1-31(66-38-20-17-35(18-21-38)45(62)58-48-51(6,7)49(52(48,8)9)67-39-22-19-36(26-54)40(53)25-39)12-10-11-23-65-29-42(61)57-44(50(3,4)5)47(64)59-28-37(60)24-41(59)46(63)55-27-33-13-15-34(16-14-33)43-32(2)56-30-68-43/h13-22,25,30-31,37,41,44,48-49,60H,10-12,23-24,27-29H2,1-9H3,(H,55,63)(H,57,61)(H,58,62)/t31-,37?,41?,44-,48?,49?/m1/s1. The first-order valence-corrected chi connectivity index (χ1v) is 24.4. The molecule has 364 valence electrons. The highest BCUT2D eigenvalue weighted by Crippen LogP contribution is 2.55. The number of aromatic nitrogens is 1. The summed E-state index contributed by atoms with van der Waals surface area (Å²) in [4.78, 5) is 60.8. The van der Waals surface area contributed by atoms with Gasteiger partial charge in [0.2, 0.25) is 17.7 Å². The third-order valence-electron chi connectivity index (χ3n) is 13.0. The predicted octanol–water partition coefficient (Wildman–Crippen LogP) is 8.02. The Bertz CT molecular complexity index is 2450. The number of aliphatic hydroxyl groups excluding tert-OH is 1. The summed E-state index contributed by atoms with van der Waals surface area (Å²) < 4.78 is 18.2. The predicted molar refractivity (Wildman–Crippen MR) is 262 cm³/mol. The van der Waals surface area contributed by atoms with Crippen LogP contribution in [0.25, 0.3) is 10.4 Å². The third-order valence-corrected chi connectivity index (χ3v) is 14.3. The fourth-order valence-electron chi connectivity index (χ4n) is 9.57. The number of likely N-dealkylation sites (tertiary alicyclic amines) is 1. The number of amides is 4. The second-order valence-corrected chi connectivity index (χ2v) is 21.5. The average Bonchev–Trinajstić information content (AvgIpc) is 3.91. The van der Waals surface area contributed by atoms with Crippen molar-refractivity contribution in [2.45, 2.75) is 131 Å². The molecule has 4 N–H and O–H groups in total. The van der Waals surface area contributed by atoms with Crippen molar-refractivity contribution in [2.75, 3.05) is 19.8 Å². The van der Waals surface area contributed by atoms with Gasteiger partial charge in [0.15, 0.2) is 0 Å². The molecule has 2 unspecified atom stereocenters. The van der Waals surface area contributed by atoms with E-state index in [1.807, 2.05) is 64.4 Å². The Morgan fingerprint density at radius 3 is 2.29 bits per heavy atom. The van der Waals surface area contributed by atoms with E-state index in [-0.39, 0.29) is 56.2 Å². The Morgan fingerprint density at radius 2 is 1.68 bits per heavy atom. The van der Waals surface area contributed by atoms with Crippen molar-refractivity contribution in [3.63, 3.8) is 0 Å². The van der Waals surface area contributed by atoms with Gasteiger partial charge in [-0.3, -0.25) is 19.2 Å². The van der Waals surface area contributed by atoms with Gasteiger partial charge in [0, 0.05) is 54.6 Å². The van der Waals surface area contributed by atoms with Crippen molar-refractivity contribution in [1.29, 1.82) is 5.26 Å². The number of aliphatic hydroxyl groups is 1. The highest BCUT2D eigenvalue weighted by Gasteiger charge is 2.64. The van der Waals surface area contributed by atoms with Crippen LogP contribution in [0.1, 0.15) is 108 Å². The normalized spacial score (nSPS) is 20.3. The maximum absolute atomic E-state index is 14.0. The number of β-amino-alcohol motifs (C(OH)–C–C–N with tert-alkyl or cyclic N) is 1. The lowest BCUT2D eigenvalue weighted by Crippen LogP contribution is -2.74. The Kier molecular flexibility index (Phi) is 16.6. The number of hydrogen-bond acceptors (Lipinski definition) is 11. The Labute approximate surface area is 409 Å². The summed E-state index contributed by atoms with van der Waals surface area (Å²) in [5.41, 5.74) is 4.12. The number of nitriles is 1. The summed E-state index contributed by atoms with van der Waals surface area (Å²) in [6.45, 7) is 18.0. The molecule has 3 aromatic carbocycles. The highest BCUT2D eigenvalue weighted by molar-refractivity contribution is 7.13. The van der Waals surface area contributed by atoms with Crippen LogP contribution >= 0.6 is 22.9 Å². The number of halogens is 1. The zero-order valence-electron chi connectivity index (χ0n) is 40.5. The molecule has 0 bridgehead atoms. The van der Waals surface area contributed by atoms with E-state index < -0.39 is 46.2 Å². The van der Waals surface area contributed by atoms with Gasteiger partial charge in [0.25, 0.3) is 5.91 Å². The molecule has 4 amide bonds. The van der Waals surface area contributed by atoms with Crippen molar-refractivity contribution in [3.05, 3.63) is 99.6 Å². The van der Waals surface area contributed by atoms with Gasteiger partial charge in [-0.1, -0.05) is 84.3 Å². The lowest BCUT2D eigenvalue weighted by molar-refractivity contribution is -0.164. The molecule has 2 aliphatic rings. The number of nitrogens with one attached hydrogen (secondary N) is 3. The summed E-state index contributed by atoms with van der Waals surface area (Å²) in [5, 5.41) is 29.1. The number of aryl methyl sites for hydroxylation is 1. The second kappa shape index (κ2) is 21.8. The summed E-state index contributed by atoms with van der Waals surface area (Å²) in [6.07, 6.45) is 1.09. The minimum Gasteiger partial charge on any atom is -0.491 e. The molecule has 68 heavy (non-hydrogen) atoms. The molecule has 1 aromatic heterocycles. The van der Waals surface area contributed by atoms with Crippen LogP contribution in [0.2, 0.25) is 5.02 Å². The molecule has 0 spiro atoms. The highest BCUT2D eigenvalue weighted by atomic mass is 35.5. The molecule has 1 aliphatic carbocycles. The number of ether oxygens (including phenoxy) is 3. The summed E-state index contributed by atoms with van der Waals surface area (Å²) in [6, 6.07) is 20.0. The molecule has 2 heterocycles. The first-order valence-electron chi connectivity index (χ1n) is 23.2. The Morgan fingerprint density at radius 1 is 1.00 bits per heavy atom. The zero-order chi connectivity index (χ0) is 49.6. The summed E-state index contributed by atoms with van der Waals surface area (Å²) in [7, 11) is 0. The lowest BCUT2D eigenvalue weighted by Gasteiger charge is -2.63. The first-order chi connectivity index (χ1) is 32.1. The number of unbranched alkanes of at least 4 members (excludes halogenated alkanes) is 1. The van der Waals surface area contributed by atoms with Crippen LogP contribution in [0.5, 0.6) is 11.5 Å². The van der Waals surface area contributed by atoms with E-state index >= 15 is 0 Å². The largest absolute Gasteiger partial charge is 0.491 e. The number of carbonyl (C=O) groups excluding carboxylic acids is 4. The molecule has 14 nitrogen and oxygen atoms in total. The average molecular weight is 970 g/mol. The molecule has 16 heteroatoms. The van der Waals surface area contributed by atoms with Gasteiger partial charge in [-0.25, -0.2) is 4.98 Å². The number of benzene rings is 3. The topological polar surface area (TPSA) is 192 Å². The van der Waals surface area contributed by atoms with Crippen molar-refractivity contribution in [2.24, 2.45) is 16.2 Å². The SMILES string of the molecule is Cc1ncsc1-c1ccc(CNC(=O)C2CC(O)CN2C(=O)[C@@H](NC(=O)COCCCC[C@@H](C)Oc2ccc(C(=O)NC3C(C)(C)C(Oc4ccc(C#N)c(Cl)c4)C3(C)C)cc2)C(C)(C)C)cc1. The number of carbonyl (C=O) groups is 4. The molecule has 1 saturated carbocycles. The van der Waals surface area contributed by atoms with Crippen LogP contribution in [0.3, 0.4) is 0 Å². The van der Waals surface area contributed by atoms with Crippen molar-refractivity contribution >= 4 is 46.6 Å². The molecule has 4 atom stereocenters. The number of hydrogen-bond donors (Lipinski definition) is 4. The lowest BCUT2D eigenvalue weighted by atomic mass is 9.49. The minimum atomic E-state index is -0.957. The van der Waals surface area contributed by atoms with Crippen LogP contribution < -0.4 is 25.4 Å². The first kappa shape index (κ1) is 51.9. The second-order valence-electron chi connectivity index (χ2n) is 20.2. The number of nitrogens with zero attached hydrogens (tertiary/aromatic N) is 3. The van der Waals surface area contributed by atoms with E-state index in [1.54, 1.807) is 53.8 Å².